The number of carbonyl (C=O) groups is 1. The molecule has 4 aromatic rings. The Morgan fingerprint density at radius 2 is 2.06 bits per heavy atom. The lowest BCUT2D eigenvalue weighted by Crippen LogP contribution is -2.05. The average Bonchev–Trinajstić information content (AvgIpc) is 3.46. The third-order valence-corrected chi connectivity index (χ3v) is 6.86. The van der Waals surface area contributed by atoms with Gasteiger partial charge in [0.25, 0.3) is 0 Å². The van der Waals surface area contributed by atoms with Gasteiger partial charge in [-0.1, -0.05) is 19.9 Å². The average molecular weight is 498 g/mol. The van der Waals surface area contributed by atoms with Gasteiger partial charge in [-0.2, -0.15) is 0 Å². The van der Waals surface area contributed by atoms with Crippen LogP contribution in [0.3, 0.4) is 0 Å². The molecule has 0 saturated heterocycles. The minimum absolute atomic E-state index is 0.0634. The maximum atomic E-state index is 14.1. The number of hydrogen-bond donors (Lipinski definition) is 2. The van der Waals surface area contributed by atoms with Crippen LogP contribution in [0.15, 0.2) is 48.0 Å². The van der Waals surface area contributed by atoms with E-state index in [9.17, 15) is 14.3 Å². The summed E-state index contributed by atoms with van der Waals surface area (Å²) in [6.45, 7) is 6.38. The van der Waals surface area contributed by atoms with Gasteiger partial charge in [0, 0.05) is 27.1 Å². The molecule has 1 aromatic carbocycles. The molecule has 2 N–H and O–H groups in total. The second-order valence-corrected chi connectivity index (χ2v) is 10.0. The van der Waals surface area contributed by atoms with Gasteiger partial charge in [-0.15, -0.1) is 22.7 Å². The van der Waals surface area contributed by atoms with Gasteiger partial charge in [-0.05, 0) is 55.0 Å². The van der Waals surface area contributed by atoms with Crippen LogP contribution in [0.4, 0.5) is 15.3 Å². The highest BCUT2D eigenvalue weighted by atomic mass is 32.1. The number of aromatic nitrogens is 2. The van der Waals surface area contributed by atoms with Crippen molar-refractivity contribution in [2.24, 2.45) is 5.92 Å². The fraction of sp³-hybridized carbons (Fsp3) is 0.240. The van der Waals surface area contributed by atoms with E-state index in [2.05, 4.69) is 24.1 Å². The first-order chi connectivity index (χ1) is 16.4. The highest BCUT2D eigenvalue weighted by molar-refractivity contribution is 7.16. The van der Waals surface area contributed by atoms with E-state index >= 15 is 0 Å². The first kappa shape index (κ1) is 23.8. The molecule has 0 amide bonds. The maximum Gasteiger partial charge on any atom is 0.339 e. The molecule has 0 aliphatic rings. The highest BCUT2D eigenvalue weighted by Gasteiger charge is 2.19. The van der Waals surface area contributed by atoms with Crippen molar-refractivity contribution in [1.29, 1.82) is 0 Å². The Bertz CT molecular complexity index is 1300. The summed E-state index contributed by atoms with van der Waals surface area (Å²) in [7, 11) is 0. The van der Waals surface area contributed by atoms with Crippen molar-refractivity contribution < 1.29 is 19.0 Å². The second-order valence-electron chi connectivity index (χ2n) is 7.99. The summed E-state index contributed by atoms with van der Waals surface area (Å²) < 4.78 is 19.5. The molecule has 6 nitrogen and oxygen atoms in total. The van der Waals surface area contributed by atoms with E-state index in [1.165, 1.54) is 28.7 Å². The quantitative estimate of drug-likeness (QED) is 0.256. The van der Waals surface area contributed by atoms with Gasteiger partial charge in [0.05, 0.1) is 12.3 Å². The molecular weight excluding hydrogens is 473 g/mol. The molecule has 0 atom stereocenters. The number of halogens is 1. The van der Waals surface area contributed by atoms with E-state index in [0.717, 1.165) is 27.3 Å². The molecule has 3 heterocycles. The monoisotopic (exact) mass is 497 g/mol. The number of nitrogens with zero attached hydrogens (tertiary/aromatic N) is 2. The van der Waals surface area contributed by atoms with E-state index in [4.69, 9.17) is 9.72 Å². The number of pyridine rings is 1. The number of rotatable bonds is 9. The molecule has 9 heteroatoms. The van der Waals surface area contributed by atoms with Gasteiger partial charge in [0.1, 0.15) is 11.4 Å². The van der Waals surface area contributed by atoms with E-state index in [1.807, 2.05) is 17.5 Å². The van der Waals surface area contributed by atoms with Crippen LogP contribution in [0.1, 0.15) is 36.0 Å². The molecule has 0 saturated carbocycles. The smallest absolute Gasteiger partial charge is 0.339 e. The molecule has 0 fully saturated rings. The van der Waals surface area contributed by atoms with Crippen LogP contribution in [0.2, 0.25) is 0 Å². The number of anilines is 2. The maximum absolute atomic E-state index is 14.1. The normalized spacial score (nSPS) is 11.1. The van der Waals surface area contributed by atoms with Crippen LogP contribution in [0.25, 0.3) is 21.7 Å². The number of thiazole rings is 1. The lowest BCUT2D eigenvalue weighted by molar-refractivity contribution is 0.0697. The summed E-state index contributed by atoms with van der Waals surface area (Å²) in [5.41, 5.74) is 2.26. The van der Waals surface area contributed by atoms with E-state index in [1.54, 1.807) is 31.3 Å². The number of hydrogen-bond acceptors (Lipinski definition) is 7. The number of nitrogens with one attached hydrogen (secondary N) is 1. The van der Waals surface area contributed by atoms with Crippen molar-refractivity contribution in [3.8, 4) is 27.4 Å². The van der Waals surface area contributed by atoms with E-state index < -0.39 is 11.8 Å². The number of ether oxygens (including phenoxy) is 1. The van der Waals surface area contributed by atoms with Gasteiger partial charge in [-0.25, -0.2) is 19.2 Å². The molecule has 176 valence electrons. The minimum Gasteiger partial charge on any atom is -0.491 e. The van der Waals surface area contributed by atoms with Crippen LogP contribution < -0.4 is 10.1 Å². The van der Waals surface area contributed by atoms with Crippen molar-refractivity contribution in [2.75, 3.05) is 11.9 Å². The Morgan fingerprint density at radius 1 is 1.24 bits per heavy atom. The van der Waals surface area contributed by atoms with Crippen molar-refractivity contribution in [3.05, 3.63) is 64.2 Å². The fourth-order valence-corrected chi connectivity index (χ4v) is 5.37. The fourth-order valence-electron chi connectivity index (χ4n) is 3.46. The Hall–Kier alpha value is -3.30. The third-order valence-electron chi connectivity index (χ3n) is 4.94. The molecular formula is C25H24FN3O3S2. The lowest BCUT2D eigenvalue weighted by Gasteiger charge is -2.08. The molecule has 0 radical (unpaired) electrons. The zero-order chi connectivity index (χ0) is 24.2. The van der Waals surface area contributed by atoms with E-state index in [-0.39, 0.29) is 17.1 Å². The largest absolute Gasteiger partial charge is 0.491 e. The summed E-state index contributed by atoms with van der Waals surface area (Å²) in [6, 6.07) is 10.1. The van der Waals surface area contributed by atoms with Crippen LogP contribution >= 0.6 is 22.7 Å². The summed E-state index contributed by atoms with van der Waals surface area (Å²) in [4.78, 5) is 23.0. The van der Waals surface area contributed by atoms with Crippen molar-refractivity contribution in [3.63, 3.8) is 0 Å². The number of thiophene rings is 1. The van der Waals surface area contributed by atoms with Gasteiger partial charge in [0.15, 0.2) is 16.7 Å². The van der Waals surface area contributed by atoms with Crippen LogP contribution in [-0.4, -0.2) is 27.7 Å². The van der Waals surface area contributed by atoms with E-state index in [0.29, 0.717) is 23.4 Å². The van der Waals surface area contributed by atoms with Gasteiger partial charge in [-0.3, -0.25) is 0 Å². The Morgan fingerprint density at radius 3 is 2.74 bits per heavy atom. The number of carboxylic acids is 1. The molecule has 34 heavy (non-hydrogen) atoms. The number of benzene rings is 1. The summed E-state index contributed by atoms with van der Waals surface area (Å²) in [5, 5.41) is 15.3. The predicted molar refractivity (Wildman–Crippen MR) is 135 cm³/mol. The van der Waals surface area contributed by atoms with Gasteiger partial charge >= 0.3 is 5.97 Å². The summed E-state index contributed by atoms with van der Waals surface area (Å²) in [6.07, 6.45) is 2.42. The zero-order valence-corrected chi connectivity index (χ0v) is 20.6. The van der Waals surface area contributed by atoms with Crippen LogP contribution in [-0.2, 0) is 6.42 Å². The first-order valence-electron chi connectivity index (χ1n) is 10.8. The lowest BCUT2D eigenvalue weighted by atomic mass is 10.0. The molecule has 0 aliphatic carbocycles. The zero-order valence-electron chi connectivity index (χ0n) is 19.0. The van der Waals surface area contributed by atoms with Gasteiger partial charge < -0.3 is 15.2 Å². The predicted octanol–water partition coefficient (Wildman–Crippen LogP) is 7.11. The van der Waals surface area contributed by atoms with Crippen molar-refractivity contribution in [1.82, 2.24) is 9.97 Å². The topological polar surface area (TPSA) is 84.3 Å². The molecule has 4 rings (SSSR count). The molecule has 0 bridgehead atoms. The highest BCUT2D eigenvalue weighted by Crippen LogP contribution is 2.37. The standard InChI is InChI=1S/C25H24FN3O3S2/c1-4-32-19-12-15(7-8-18(19)26)22-21(10-14(2)3)34-25(28-22)29-23-17(24(30)31)11-16(13-27-23)20-6-5-9-33-20/h5-9,11-14H,4,10H2,1-3H3,(H,30,31)(H,27,28,29). The van der Waals surface area contributed by atoms with Gasteiger partial charge in [0.2, 0.25) is 0 Å². The Kier molecular flexibility index (Phi) is 7.23. The Balaban J connectivity index is 1.71. The van der Waals surface area contributed by atoms with Crippen molar-refractivity contribution >= 4 is 39.6 Å². The van der Waals surface area contributed by atoms with Crippen LogP contribution in [0.5, 0.6) is 5.75 Å². The minimum atomic E-state index is -1.08. The second kappa shape index (κ2) is 10.3. The number of aromatic carboxylic acids is 1. The van der Waals surface area contributed by atoms with Crippen LogP contribution in [0, 0.1) is 11.7 Å². The SMILES string of the molecule is CCOc1cc(-c2nc(Nc3ncc(-c4cccs4)cc3C(=O)O)sc2CC(C)C)ccc1F. The molecule has 3 aromatic heterocycles. The molecule has 0 spiro atoms. The summed E-state index contributed by atoms with van der Waals surface area (Å²) in [5.74, 6) is -0.731. The first-order valence-corrected chi connectivity index (χ1v) is 12.5. The third kappa shape index (κ3) is 5.26. The van der Waals surface area contributed by atoms with Crippen molar-refractivity contribution in [2.45, 2.75) is 27.2 Å². The number of carboxylic acid groups (broad SMARTS) is 1. The summed E-state index contributed by atoms with van der Waals surface area (Å²) >= 11 is 2.96. The molecule has 0 unspecified atom stereocenters. The molecule has 0 aliphatic heterocycles. The Labute approximate surface area is 205 Å².